The molecule has 0 fully saturated rings. The van der Waals surface area contributed by atoms with Crippen LogP contribution >= 0.6 is 28.3 Å². The van der Waals surface area contributed by atoms with Gasteiger partial charge in [0.2, 0.25) is 0 Å². The molecule has 12 heavy (non-hydrogen) atoms. The maximum Gasteiger partial charge on any atom is 0.176 e. The standard InChI is InChI=1S/C8H8BrNO.ClH/c9-7-3-1-2-6(4-7)8(11)5-10;/h1-4H,5,10H2;1H. The van der Waals surface area contributed by atoms with Crippen molar-refractivity contribution in [3.63, 3.8) is 0 Å². The summed E-state index contributed by atoms with van der Waals surface area (Å²) in [5.74, 6) is -0.0358. The molecule has 66 valence electrons. The van der Waals surface area contributed by atoms with Crippen LogP contribution < -0.4 is 5.73 Å². The van der Waals surface area contributed by atoms with Crippen LogP contribution in [0.25, 0.3) is 0 Å². The molecule has 0 aliphatic heterocycles. The van der Waals surface area contributed by atoms with Gasteiger partial charge in [-0.25, -0.2) is 0 Å². The van der Waals surface area contributed by atoms with Gasteiger partial charge in [0.05, 0.1) is 6.54 Å². The molecule has 0 saturated carbocycles. The molecular formula is C8H9BrClNO. The number of halogens is 2. The Morgan fingerprint density at radius 3 is 2.67 bits per heavy atom. The van der Waals surface area contributed by atoms with Gasteiger partial charge in [0.25, 0.3) is 0 Å². The van der Waals surface area contributed by atoms with Crippen LogP contribution in [0.15, 0.2) is 28.7 Å². The second kappa shape index (κ2) is 5.30. The van der Waals surface area contributed by atoms with Crippen molar-refractivity contribution < 1.29 is 4.79 Å². The van der Waals surface area contributed by atoms with Gasteiger partial charge in [-0.1, -0.05) is 28.1 Å². The largest absolute Gasteiger partial charge is 0.324 e. The molecule has 0 unspecified atom stereocenters. The Hall–Kier alpha value is -0.380. The number of benzene rings is 1. The summed E-state index contributed by atoms with van der Waals surface area (Å²) >= 11 is 3.27. The Balaban J connectivity index is 0.00000121. The van der Waals surface area contributed by atoms with E-state index in [0.29, 0.717) is 5.56 Å². The molecule has 0 bridgehead atoms. The molecule has 0 aromatic heterocycles. The minimum absolute atomic E-state index is 0. The fourth-order valence-electron chi connectivity index (χ4n) is 0.780. The van der Waals surface area contributed by atoms with Gasteiger partial charge in [0, 0.05) is 10.0 Å². The lowest BCUT2D eigenvalue weighted by Crippen LogP contribution is -2.13. The van der Waals surface area contributed by atoms with E-state index in [2.05, 4.69) is 15.9 Å². The SMILES string of the molecule is Cl.NCC(=O)c1cccc(Br)c1. The molecule has 0 amide bonds. The highest BCUT2D eigenvalue weighted by atomic mass is 79.9. The van der Waals surface area contributed by atoms with Crippen molar-refractivity contribution in [1.29, 1.82) is 0 Å². The molecule has 2 nitrogen and oxygen atoms in total. The molecule has 4 heteroatoms. The van der Waals surface area contributed by atoms with Crippen LogP contribution in [0.2, 0.25) is 0 Å². The number of ketones is 1. The fourth-order valence-corrected chi connectivity index (χ4v) is 1.18. The van der Waals surface area contributed by atoms with E-state index in [1.165, 1.54) is 0 Å². The lowest BCUT2D eigenvalue weighted by Gasteiger charge is -1.96. The molecule has 0 atom stereocenters. The van der Waals surface area contributed by atoms with Crippen LogP contribution in [-0.2, 0) is 0 Å². The molecule has 0 spiro atoms. The zero-order valence-electron chi connectivity index (χ0n) is 6.29. The highest BCUT2D eigenvalue weighted by molar-refractivity contribution is 9.10. The summed E-state index contributed by atoms with van der Waals surface area (Å²) in [5.41, 5.74) is 5.84. The van der Waals surface area contributed by atoms with Crippen LogP contribution in [0.5, 0.6) is 0 Å². The van der Waals surface area contributed by atoms with E-state index in [4.69, 9.17) is 5.73 Å². The highest BCUT2D eigenvalue weighted by Crippen LogP contribution is 2.11. The smallest absolute Gasteiger partial charge is 0.176 e. The summed E-state index contributed by atoms with van der Waals surface area (Å²) < 4.78 is 0.900. The van der Waals surface area contributed by atoms with Crippen LogP contribution in [0.1, 0.15) is 10.4 Å². The summed E-state index contributed by atoms with van der Waals surface area (Å²) in [7, 11) is 0. The maximum atomic E-state index is 11.0. The number of rotatable bonds is 2. The van der Waals surface area contributed by atoms with E-state index in [0.717, 1.165) is 4.47 Å². The second-order valence-corrected chi connectivity index (χ2v) is 3.05. The van der Waals surface area contributed by atoms with Gasteiger partial charge in [-0.05, 0) is 12.1 Å². The normalized spacial score (nSPS) is 8.83. The van der Waals surface area contributed by atoms with E-state index in [1.807, 2.05) is 12.1 Å². The Morgan fingerprint density at radius 2 is 2.17 bits per heavy atom. The molecule has 0 aliphatic carbocycles. The molecule has 1 rings (SSSR count). The first kappa shape index (κ1) is 11.6. The third-order valence-corrected chi connectivity index (χ3v) is 1.83. The molecule has 2 N–H and O–H groups in total. The zero-order chi connectivity index (χ0) is 8.27. The Labute approximate surface area is 85.7 Å². The van der Waals surface area contributed by atoms with Gasteiger partial charge in [-0.3, -0.25) is 4.79 Å². The third kappa shape index (κ3) is 2.93. The number of hydrogen-bond acceptors (Lipinski definition) is 2. The minimum Gasteiger partial charge on any atom is -0.324 e. The second-order valence-electron chi connectivity index (χ2n) is 2.14. The summed E-state index contributed by atoms with van der Waals surface area (Å²) in [4.78, 5) is 11.0. The lowest BCUT2D eigenvalue weighted by atomic mass is 10.1. The zero-order valence-corrected chi connectivity index (χ0v) is 8.69. The number of Topliss-reactive ketones (excluding diaryl/α,β-unsaturated/α-hetero) is 1. The van der Waals surface area contributed by atoms with Crippen molar-refractivity contribution in [3.8, 4) is 0 Å². The first-order valence-electron chi connectivity index (χ1n) is 3.23. The quantitative estimate of drug-likeness (QED) is 0.816. The number of carbonyl (C=O) groups excluding carboxylic acids is 1. The summed E-state index contributed by atoms with van der Waals surface area (Å²) in [6.45, 7) is 0.0659. The summed E-state index contributed by atoms with van der Waals surface area (Å²) in [5, 5.41) is 0. The van der Waals surface area contributed by atoms with Gasteiger partial charge in [0.1, 0.15) is 0 Å². The molecule has 0 heterocycles. The van der Waals surface area contributed by atoms with Gasteiger partial charge in [-0.2, -0.15) is 0 Å². The van der Waals surface area contributed by atoms with Crippen molar-refractivity contribution in [3.05, 3.63) is 34.3 Å². The molecule has 0 radical (unpaired) electrons. The molecular weight excluding hydrogens is 241 g/mol. The molecule has 1 aromatic rings. The van der Waals surface area contributed by atoms with Gasteiger partial charge < -0.3 is 5.73 Å². The monoisotopic (exact) mass is 249 g/mol. The first-order chi connectivity index (χ1) is 5.24. The minimum atomic E-state index is -0.0358. The topological polar surface area (TPSA) is 43.1 Å². The molecule has 0 aliphatic rings. The maximum absolute atomic E-state index is 11.0. The van der Waals surface area contributed by atoms with Crippen molar-refractivity contribution in [2.45, 2.75) is 0 Å². The molecule has 0 saturated heterocycles. The Morgan fingerprint density at radius 1 is 1.50 bits per heavy atom. The van der Waals surface area contributed by atoms with Gasteiger partial charge >= 0.3 is 0 Å². The van der Waals surface area contributed by atoms with Crippen LogP contribution in [0.3, 0.4) is 0 Å². The number of hydrogen-bond donors (Lipinski definition) is 1. The van der Waals surface area contributed by atoms with Crippen LogP contribution in [0.4, 0.5) is 0 Å². The van der Waals surface area contributed by atoms with Crippen molar-refractivity contribution in [1.82, 2.24) is 0 Å². The summed E-state index contributed by atoms with van der Waals surface area (Å²) in [6, 6.07) is 7.19. The van der Waals surface area contributed by atoms with Crippen LogP contribution in [-0.4, -0.2) is 12.3 Å². The number of nitrogens with two attached hydrogens (primary N) is 1. The van der Waals surface area contributed by atoms with E-state index in [1.54, 1.807) is 12.1 Å². The Kier molecular flexibility index (Phi) is 5.13. The van der Waals surface area contributed by atoms with Crippen molar-refractivity contribution in [2.75, 3.05) is 6.54 Å². The third-order valence-electron chi connectivity index (χ3n) is 1.33. The number of carbonyl (C=O) groups is 1. The van der Waals surface area contributed by atoms with E-state index < -0.39 is 0 Å². The predicted molar refractivity (Wildman–Crippen MR) is 54.8 cm³/mol. The average Bonchev–Trinajstić information content (AvgIpc) is 2.03. The van der Waals surface area contributed by atoms with Gasteiger partial charge in [0.15, 0.2) is 5.78 Å². The fraction of sp³-hybridized carbons (Fsp3) is 0.125. The van der Waals surface area contributed by atoms with Gasteiger partial charge in [-0.15, -0.1) is 12.4 Å². The highest BCUT2D eigenvalue weighted by Gasteiger charge is 2.01. The molecule has 1 aromatic carbocycles. The van der Waals surface area contributed by atoms with Crippen LogP contribution in [0, 0.1) is 0 Å². The predicted octanol–water partition coefficient (Wildman–Crippen LogP) is 2.01. The first-order valence-corrected chi connectivity index (χ1v) is 4.02. The van der Waals surface area contributed by atoms with Crippen molar-refractivity contribution >= 4 is 34.1 Å². The summed E-state index contributed by atoms with van der Waals surface area (Å²) in [6.07, 6.45) is 0. The Bertz CT molecular complexity index is 278. The average molecular weight is 251 g/mol. The van der Waals surface area contributed by atoms with E-state index in [-0.39, 0.29) is 24.7 Å². The van der Waals surface area contributed by atoms with E-state index in [9.17, 15) is 4.79 Å². The van der Waals surface area contributed by atoms with Crippen molar-refractivity contribution in [2.24, 2.45) is 5.73 Å². The van der Waals surface area contributed by atoms with E-state index >= 15 is 0 Å². The lowest BCUT2D eigenvalue weighted by molar-refractivity contribution is 0.100.